The van der Waals surface area contributed by atoms with E-state index in [-0.39, 0.29) is 18.1 Å². The summed E-state index contributed by atoms with van der Waals surface area (Å²) >= 11 is 0. The number of carbonyl (C=O) groups excluding carboxylic acids is 3. The second-order valence-corrected chi connectivity index (χ2v) is 16.8. The zero-order valence-electron chi connectivity index (χ0n) is 30.7. The third kappa shape index (κ3) is 7.68. The molecule has 0 radical (unpaired) electrons. The lowest BCUT2D eigenvalue weighted by molar-refractivity contribution is -0.316. The van der Waals surface area contributed by atoms with Gasteiger partial charge in [-0.1, -0.05) is 65.5 Å². The van der Waals surface area contributed by atoms with Gasteiger partial charge in [-0.3, -0.25) is 14.4 Å². The number of esters is 3. The van der Waals surface area contributed by atoms with E-state index < -0.39 is 48.6 Å². The molecule has 0 aromatic heterocycles. The highest BCUT2D eigenvalue weighted by Gasteiger charge is 2.59. The molecule has 1 heterocycles. The highest BCUT2D eigenvalue weighted by atomic mass is 16.7. The second-order valence-electron chi connectivity index (χ2n) is 16.8. The Morgan fingerprint density at radius 2 is 1.62 bits per heavy atom. The van der Waals surface area contributed by atoms with Crippen LogP contribution < -0.4 is 0 Å². The minimum atomic E-state index is -1.40. The van der Waals surface area contributed by atoms with Crippen molar-refractivity contribution in [1.82, 2.24) is 0 Å². The van der Waals surface area contributed by atoms with Crippen molar-refractivity contribution in [3.8, 4) is 0 Å². The number of hydrogen-bond acceptors (Lipinski definition) is 9. The summed E-state index contributed by atoms with van der Waals surface area (Å²) < 4.78 is 28.6. The largest absolute Gasteiger partial charge is 0.463 e. The molecule has 48 heavy (non-hydrogen) atoms. The first-order valence-electron chi connectivity index (χ1n) is 18.8. The van der Waals surface area contributed by atoms with Crippen LogP contribution in [0.3, 0.4) is 0 Å². The predicted octanol–water partition coefficient (Wildman–Crippen LogP) is 6.93. The summed E-state index contributed by atoms with van der Waals surface area (Å²) in [5.74, 6) is 2.80. The van der Waals surface area contributed by atoms with Crippen molar-refractivity contribution >= 4 is 17.9 Å². The molecule has 272 valence electrons. The first-order valence-corrected chi connectivity index (χ1v) is 18.8. The summed E-state index contributed by atoms with van der Waals surface area (Å²) in [4.78, 5) is 35.6. The summed E-state index contributed by atoms with van der Waals surface area (Å²) in [5.41, 5.74) is 2.03. The van der Waals surface area contributed by atoms with Crippen LogP contribution in [0.5, 0.6) is 0 Å². The Labute approximate surface area is 288 Å². The van der Waals surface area contributed by atoms with Crippen LogP contribution in [0, 0.1) is 46.3 Å². The van der Waals surface area contributed by atoms with E-state index in [1.165, 1.54) is 71.3 Å². The van der Waals surface area contributed by atoms with Crippen molar-refractivity contribution in [3.63, 3.8) is 0 Å². The first-order chi connectivity index (χ1) is 22.6. The van der Waals surface area contributed by atoms with Gasteiger partial charge >= 0.3 is 17.9 Å². The topological polar surface area (TPSA) is 118 Å². The van der Waals surface area contributed by atoms with Gasteiger partial charge in [-0.15, -0.1) is 0 Å². The second kappa shape index (κ2) is 15.1. The average molecular weight is 675 g/mol. The van der Waals surface area contributed by atoms with Gasteiger partial charge in [-0.25, -0.2) is 0 Å². The Bertz CT molecular complexity index is 1200. The SMILES string of the molecule is CC(=O)OC[C@H]1O[C@@H](O[C@H]2CC[C@@]3(C)C(=CC[C@H]4[C@@H]5CC[C@H]([C@H](C)CCCC(C)C)[C@@]5(C)CC[C@@H]43)C2)[C@H](O)[C@@H](OC(C)=O)[C@@H]1OC(C)=O. The normalized spacial score (nSPS) is 41.3. The summed E-state index contributed by atoms with van der Waals surface area (Å²) in [6.45, 7) is 15.8. The Morgan fingerprint density at radius 1 is 0.917 bits per heavy atom. The highest BCUT2D eigenvalue weighted by Crippen LogP contribution is 2.67. The highest BCUT2D eigenvalue weighted by molar-refractivity contribution is 5.68. The fourth-order valence-corrected chi connectivity index (χ4v) is 11.0. The molecule has 13 atom stereocenters. The smallest absolute Gasteiger partial charge is 0.303 e. The average Bonchev–Trinajstić information content (AvgIpc) is 3.36. The molecule has 0 amide bonds. The van der Waals surface area contributed by atoms with Crippen LogP contribution in [0.1, 0.15) is 126 Å². The van der Waals surface area contributed by atoms with E-state index >= 15 is 0 Å². The number of aliphatic hydroxyl groups excluding tert-OH is 1. The number of aliphatic hydroxyl groups is 1. The molecule has 1 saturated heterocycles. The number of hydrogen-bond donors (Lipinski definition) is 1. The number of fused-ring (bicyclic) bond motifs is 5. The van der Waals surface area contributed by atoms with Gasteiger partial charge in [0.05, 0.1) is 6.10 Å². The van der Waals surface area contributed by atoms with Gasteiger partial charge in [0.15, 0.2) is 18.5 Å². The van der Waals surface area contributed by atoms with Crippen molar-refractivity contribution in [2.45, 2.75) is 163 Å². The summed E-state index contributed by atoms with van der Waals surface area (Å²) in [7, 11) is 0. The molecule has 3 saturated carbocycles. The molecule has 0 bridgehead atoms. The lowest BCUT2D eigenvalue weighted by atomic mass is 9.47. The van der Waals surface area contributed by atoms with Gasteiger partial charge in [0.1, 0.15) is 18.8 Å². The van der Waals surface area contributed by atoms with Gasteiger partial charge in [-0.05, 0) is 97.7 Å². The predicted molar refractivity (Wildman–Crippen MR) is 180 cm³/mol. The quantitative estimate of drug-likeness (QED) is 0.142. The van der Waals surface area contributed by atoms with Crippen molar-refractivity contribution in [2.24, 2.45) is 46.3 Å². The monoisotopic (exact) mass is 674 g/mol. The van der Waals surface area contributed by atoms with E-state index in [0.29, 0.717) is 11.3 Å². The van der Waals surface area contributed by atoms with E-state index in [0.717, 1.165) is 55.3 Å². The molecular formula is C39H62O9. The van der Waals surface area contributed by atoms with E-state index in [1.807, 2.05) is 0 Å². The maximum atomic E-state index is 12.0. The number of ether oxygens (including phenoxy) is 5. The lowest BCUT2D eigenvalue weighted by Gasteiger charge is -2.58. The summed E-state index contributed by atoms with van der Waals surface area (Å²) in [6, 6.07) is 0. The van der Waals surface area contributed by atoms with Gasteiger partial charge in [-0.2, -0.15) is 0 Å². The number of allylic oxidation sites excluding steroid dienone is 1. The van der Waals surface area contributed by atoms with Crippen LogP contribution in [0.4, 0.5) is 0 Å². The first kappa shape index (κ1) is 37.3. The molecule has 0 aromatic carbocycles. The van der Waals surface area contributed by atoms with Crippen molar-refractivity contribution < 1.29 is 43.2 Å². The molecule has 5 aliphatic rings. The van der Waals surface area contributed by atoms with E-state index in [1.54, 1.807) is 0 Å². The fourth-order valence-electron chi connectivity index (χ4n) is 11.0. The molecule has 0 unspecified atom stereocenters. The van der Waals surface area contributed by atoms with Crippen molar-refractivity contribution in [1.29, 1.82) is 0 Å². The van der Waals surface area contributed by atoms with Crippen LogP contribution >= 0.6 is 0 Å². The van der Waals surface area contributed by atoms with Crippen LogP contribution in [-0.4, -0.2) is 66.4 Å². The van der Waals surface area contributed by atoms with E-state index in [9.17, 15) is 19.5 Å². The van der Waals surface area contributed by atoms with Gasteiger partial charge in [0.25, 0.3) is 0 Å². The Kier molecular flexibility index (Phi) is 11.7. The lowest BCUT2D eigenvalue weighted by Crippen LogP contribution is -2.62. The van der Waals surface area contributed by atoms with Gasteiger partial charge < -0.3 is 28.8 Å². The standard InChI is InChI=1S/C39H62O9/c1-22(2)10-9-11-23(3)30-14-15-31-29-13-12-27-20-28(16-18-38(27,7)32(29)17-19-39(30,31)8)47-37-34(43)36(46-26(6)42)35(45-25(5)41)33(48-37)21-44-24(4)40/h12,22-23,28-37,43H,9-11,13-21H2,1-8H3/t23-,28+,29+,30-,31+,32+,33-,34-,35-,36-,37-,38+,39-/m1/s1. The zero-order chi connectivity index (χ0) is 35.0. The van der Waals surface area contributed by atoms with Crippen LogP contribution in [0.2, 0.25) is 0 Å². The molecule has 4 fully saturated rings. The summed E-state index contributed by atoms with van der Waals surface area (Å²) in [6.07, 6.45) is 9.50. The van der Waals surface area contributed by atoms with Crippen molar-refractivity contribution in [3.05, 3.63) is 11.6 Å². The van der Waals surface area contributed by atoms with Crippen molar-refractivity contribution in [2.75, 3.05) is 6.61 Å². The molecule has 5 rings (SSSR count). The third-order valence-corrected chi connectivity index (χ3v) is 13.3. The minimum absolute atomic E-state index is 0.135. The van der Waals surface area contributed by atoms with Crippen LogP contribution in [0.25, 0.3) is 0 Å². The summed E-state index contributed by atoms with van der Waals surface area (Å²) in [5, 5.41) is 11.3. The fraction of sp³-hybridized carbons (Fsp3) is 0.872. The molecular weight excluding hydrogens is 612 g/mol. The molecule has 1 N–H and O–H groups in total. The van der Waals surface area contributed by atoms with Gasteiger partial charge in [0.2, 0.25) is 0 Å². The molecule has 9 heteroatoms. The molecule has 0 aromatic rings. The maximum Gasteiger partial charge on any atom is 0.303 e. The number of carbonyl (C=O) groups is 3. The Balaban J connectivity index is 1.27. The maximum absolute atomic E-state index is 12.0. The van der Waals surface area contributed by atoms with E-state index in [2.05, 4.69) is 40.7 Å². The Morgan fingerprint density at radius 3 is 2.29 bits per heavy atom. The molecule has 9 nitrogen and oxygen atoms in total. The third-order valence-electron chi connectivity index (χ3n) is 13.3. The molecule has 4 aliphatic carbocycles. The molecule has 1 aliphatic heterocycles. The van der Waals surface area contributed by atoms with Crippen LogP contribution in [-0.2, 0) is 38.1 Å². The number of rotatable bonds is 11. The van der Waals surface area contributed by atoms with E-state index in [4.69, 9.17) is 23.7 Å². The van der Waals surface area contributed by atoms with Crippen LogP contribution in [0.15, 0.2) is 11.6 Å². The van der Waals surface area contributed by atoms with Gasteiger partial charge in [0, 0.05) is 20.8 Å². The Hall–Kier alpha value is -1.97. The molecule has 0 spiro atoms. The zero-order valence-corrected chi connectivity index (χ0v) is 30.7. The minimum Gasteiger partial charge on any atom is -0.463 e.